The Morgan fingerprint density at radius 1 is 1.00 bits per heavy atom. The predicted molar refractivity (Wildman–Crippen MR) is 12.2 cm³/mol. The molecule has 2 N–H and O–H groups in total. The van der Waals surface area contributed by atoms with E-state index in [1.54, 1.807) is 0 Å². The Morgan fingerprint density at radius 3 is 1.00 bits per heavy atom. The molecule has 0 rings (SSSR count). The van der Waals surface area contributed by atoms with Crippen molar-refractivity contribution in [3.63, 3.8) is 0 Å². The third kappa shape index (κ3) is 10.4. The topological polar surface area (TPSA) is 31.5 Å². The van der Waals surface area contributed by atoms with E-state index < -0.39 is 0 Å². The van der Waals surface area contributed by atoms with Crippen LogP contribution < -0.4 is 0 Å². The van der Waals surface area contributed by atoms with Gasteiger partial charge in [0.05, 0.1) is 0 Å². The quantitative estimate of drug-likeness (QED) is 0.374. The van der Waals surface area contributed by atoms with Crippen LogP contribution in [-0.4, -0.2) is 15.6 Å². The number of hydrogen-bond donors (Lipinski definition) is 0. The smallest absolute Gasteiger partial charge is 0 e. The molecule has 0 aliphatic rings. The minimum Gasteiger partial charge on any atom is 0 e. The van der Waals surface area contributed by atoms with Crippen LogP contribution in [0.2, 0.25) is 0 Å². The molecular formula is H4BeCuOZn. The van der Waals surface area contributed by atoms with Crippen LogP contribution in [0.5, 0.6) is 0 Å². The first-order valence-corrected chi connectivity index (χ1v) is 0. The Morgan fingerprint density at radius 2 is 1.00 bits per heavy atom. The predicted octanol–water partition coefficient (Wildman–Crippen LogP) is -1.75. The Hall–Kier alpha value is 1.27. The van der Waals surface area contributed by atoms with Gasteiger partial charge in [0.1, 0.15) is 0 Å². The summed E-state index contributed by atoms with van der Waals surface area (Å²) in [4.78, 5) is 0. The molecule has 1 nitrogen and oxygen atoms in total. The molecule has 0 aromatic heterocycles. The van der Waals surface area contributed by atoms with Crippen molar-refractivity contribution >= 4 is 10.1 Å². The van der Waals surface area contributed by atoms with Crippen molar-refractivity contribution in [2.24, 2.45) is 0 Å². The fraction of sp³-hybridized carbons (Fsp3) is 0. The zero-order valence-corrected chi connectivity index (χ0v) is 5.42. The third-order valence-electron chi connectivity index (χ3n) is 0. The molecule has 25 valence electrons. The van der Waals surface area contributed by atoms with E-state index in [-0.39, 0.29) is 52.1 Å². The van der Waals surface area contributed by atoms with Crippen LogP contribution >= 0.6 is 0 Å². The molecule has 4 heavy (non-hydrogen) atoms. The second-order valence-corrected chi connectivity index (χ2v) is 0. The minimum atomic E-state index is 0. The largest absolute Gasteiger partial charge is 0 e. The average Bonchev–Trinajstić information content (AvgIpc) is 0. The molecule has 0 aliphatic heterocycles. The molecule has 0 aliphatic carbocycles. The summed E-state index contributed by atoms with van der Waals surface area (Å²) in [7, 11) is 0. The van der Waals surface area contributed by atoms with Gasteiger partial charge in [0.15, 0.2) is 0 Å². The van der Waals surface area contributed by atoms with E-state index in [9.17, 15) is 0 Å². The van der Waals surface area contributed by atoms with Crippen molar-refractivity contribution in [1.29, 1.82) is 0 Å². The third-order valence-corrected chi connectivity index (χ3v) is 0. The first-order chi connectivity index (χ1) is 0. The van der Waals surface area contributed by atoms with Gasteiger partial charge in [0.2, 0.25) is 0 Å². The van der Waals surface area contributed by atoms with E-state index >= 15 is 0 Å². The standard InChI is InChI=1S/Be.Cu.H2O.Zn.2H/h;;1H2;;;. The SMILES string of the molecule is O.[BeH2].[Cu].[Zn]. The van der Waals surface area contributed by atoms with Crippen molar-refractivity contribution in [3.05, 3.63) is 0 Å². The summed E-state index contributed by atoms with van der Waals surface area (Å²) in [5, 5.41) is 0. The van der Waals surface area contributed by atoms with E-state index in [1.807, 2.05) is 0 Å². The molecule has 0 aromatic carbocycles. The van der Waals surface area contributed by atoms with Crippen LogP contribution in [0.3, 0.4) is 0 Å². The second-order valence-electron chi connectivity index (χ2n) is 0. The monoisotopic (exact) mass is 156 g/mol. The van der Waals surface area contributed by atoms with Gasteiger partial charge in [-0.15, -0.1) is 0 Å². The average molecular weight is 158 g/mol. The van der Waals surface area contributed by atoms with Crippen LogP contribution in [0.25, 0.3) is 0 Å². The molecule has 0 unspecified atom stereocenters. The first kappa shape index (κ1) is 59.5. The summed E-state index contributed by atoms with van der Waals surface area (Å²) >= 11 is 0. The van der Waals surface area contributed by atoms with E-state index in [0.717, 1.165) is 0 Å². The van der Waals surface area contributed by atoms with E-state index in [0.29, 0.717) is 0 Å². The Kier molecular flexibility index (Phi) is 420. The molecule has 0 aromatic rings. The van der Waals surface area contributed by atoms with Crippen LogP contribution in [-0.2, 0) is 36.5 Å². The maximum atomic E-state index is 0. The fourth-order valence-electron chi connectivity index (χ4n) is 0. The summed E-state index contributed by atoms with van der Waals surface area (Å²) in [6.07, 6.45) is 0. The van der Waals surface area contributed by atoms with Gasteiger partial charge in [0, 0.05) is 36.5 Å². The molecule has 0 saturated heterocycles. The zero-order valence-electron chi connectivity index (χ0n) is 1.51. The Balaban J connectivity index is 0. The van der Waals surface area contributed by atoms with Crippen molar-refractivity contribution < 1.29 is 42.0 Å². The van der Waals surface area contributed by atoms with Gasteiger partial charge in [-0.3, -0.25) is 0 Å². The van der Waals surface area contributed by atoms with Crippen LogP contribution in [0.1, 0.15) is 0 Å². The van der Waals surface area contributed by atoms with E-state index in [4.69, 9.17) is 0 Å². The van der Waals surface area contributed by atoms with Crippen LogP contribution in [0.15, 0.2) is 0 Å². The normalized spacial score (nSPS) is 0. The molecule has 1 radical (unpaired) electrons. The molecule has 0 bridgehead atoms. The van der Waals surface area contributed by atoms with Gasteiger partial charge in [-0.2, -0.15) is 0 Å². The van der Waals surface area contributed by atoms with Gasteiger partial charge < -0.3 is 5.48 Å². The molecule has 0 heterocycles. The Bertz CT molecular complexity index is 8.00. The van der Waals surface area contributed by atoms with E-state index in [1.165, 1.54) is 0 Å². The number of rotatable bonds is 0. The van der Waals surface area contributed by atoms with Crippen molar-refractivity contribution in [3.8, 4) is 0 Å². The van der Waals surface area contributed by atoms with Crippen molar-refractivity contribution in [2.75, 3.05) is 0 Å². The summed E-state index contributed by atoms with van der Waals surface area (Å²) in [5.74, 6) is 0. The maximum absolute atomic E-state index is 0. The number of hydrogen-bond acceptors (Lipinski definition) is 0. The van der Waals surface area contributed by atoms with E-state index in [2.05, 4.69) is 0 Å². The molecule has 4 heteroatoms. The van der Waals surface area contributed by atoms with Gasteiger partial charge in [0.25, 0.3) is 0 Å². The van der Waals surface area contributed by atoms with Crippen molar-refractivity contribution in [1.82, 2.24) is 0 Å². The molecule has 0 amide bonds. The fourth-order valence-corrected chi connectivity index (χ4v) is 0. The summed E-state index contributed by atoms with van der Waals surface area (Å²) in [6.45, 7) is 0. The van der Waals surface area contributed by atoms with Gasteiger partial charge in [-0.25, -0.2) is 0 Å². The maximum Gasteiger partial charge on any atom is 0 e. The summed E-state index contributed by atoms with van der Waals surface area (Å²) in [5.41, 5.74) is 0. The van der Waals surface area contributed by atoms with Gasteiger partial charge in [-0.1, -0.05) is 0 Å². The molecule has 0 fully saturated rings. The molecule has 0 saturated carbocycles. The van der Waals surface area contributed by atoms with Crippen molar-refractivity contribution in [2.45, 2.75) is 0 Å². The molecule has 0 atom stereocenters. The summed E-state index contributed by atoms with van der Waals surface area (Å²) in [6, 6.07) is 0. The Labute approximate surface area is 52.3 Å². The first-order valence-electron chi connectivity index (χ1n) is 0. The summed E-state index contributed by atoms with van der Waals surface area (Å²) < 4.78 is 0. The molecule has 0 spiro atoms. The zero-order chi connectivity index (χ0) is 0. The second kappa shape index (κ2) is 28.3. The van der Waals surface area contributed by atoms with Crippen LogP contribution in [0, 0.1) is 0 Å². The minimum absolute atomic E-state index is 0. The van der Waals surface area contributed by atoms with Gasteiger partial charge >= 0.3 is 10.1 Å². The van der Waals surface area contributed by atoms with Gasteiger partial charge in [-0.05, 0) is 0 Å². The molecular weight excluding hydrogens is 154 g/mol. The van der Waals surface area contributed by atoms with Crippen LogP contribution in [0.4, 0.5) is 0 Å².